The molecule has 1 aromatic rings. The lowest BCUT2D eigenvalue weighted by atomic mass is 9.71. The zero-order valence-electron chi connectivity index (χ0n) is 19.1. The molecule has 3 heterocycles. The summed E-state index contributed by atoms with van der Waals surface area (Å²) in [5.41, 5.74) is 0.623. The lowest BCUT2D eigenvalue weighted by molar-refractivity contribution is -0.149. The third-order valence-corrected chi connectivity index (χ3v) is 10.5. The molecule has 1 aromatic carbocycles. The molecule has 3 aliphatic rings. The number of methoxy groups -OCH3 is 1. The number of alkyl halides is 1. The molecule has 8 nitrogen and oxygen atoms in total. The van der Waals surface area contributed by atoms with Crippen LogP contribution in [0.4, 0.5) is 5.69 Å². The standard InChI is InChI=1S/C24H29BrN2O6S/c1-4-10-26(14-6-8-15(33-3)9-7-14)22(30)20-24-11-16(25)19(34-24)17(23(31)32)18(24)21(29)27(20)13(5-2)12-28/h4,6-9,13,16-20,28H,1,5,10-12H2,2-3H3,(H,31,32)/t13-,16?,17-,18-,19-,20?,24?/m0/s1. The quantitative estimate of drug-likeness (QED) is 0.358. The van der Waals surface area contributed by atoms with Crippen LogP contribution in [0.2, 0.25) is 0 Å². The molecule has 3 unspecified atom stereocenters. The van der Waals surface area contributed by atoms with E-state index in [0.29, 0.717) is 24.3 Å². The van der Waals surface area contributed by atoms with Gasteiger partial charge in [0.15, 0.2) is 0 Å². The minimum Gasteiger partial charge on any atom is -0.497 e. The predicted molar refractivity (Wildman–Crippen MR) is 133 cm³/mol. The Balaban J connectivity index is 1.83. The molecule has 1 spiro atoms. The van der Waals surface area contributed by atoms with Crippen molar-refractivity contribution >= 4 is 51.2 Å². The zero-order valence-corrected chi connectivity index (χ0v) is 21.5. The highest BCUT2D eigenvalue weighted by molar-refractivity contribution is 9.09. The molecular weight excluding hydrogens is 524 g/mol. The van der Waals surface area contributed by atoms with E-state index in [2.05, 4.69) is 22.5 Å². The van der Waals surface area contributed by atoms with Crippen molar-refractivity contribution in [2.24, 2.45) is 11.8 Å². The van der Waals surface area contributed by atoms with E-state index in [4.69, 9.17) is 4.74 Å². The Morgan fingerprint density at radius 2 is 2.09 bits per heavy atom. The lowest BCUT2D eigenvalue weighted by Crippen LogP contribution is -2.58. The predicted octanol–water partition coefficient (Wildman–Crippen LogP) is 2.53. The Kier molecular flexibility index (Phi) is 7.04. The van der Waals surface area contributed by atoms with Crippen molar-refractivity contribution in [2.45, 2.75) is 46.7 Å². The summed E-state index contributed by atoms with van der Waals surface area (Å²) >= 11 is 5.08. The summed E-state index contributed by atoms with van der Waals surface area (Å²) < 4.78 is 4.35. The number of nitrogens with zero attached hydrogens (tertiary/aromatic N) is 2. The first-order valence-corrected chi connectivity index (χ1v) is 13.1. The van der Waals surface area contributed by atoms with Gasteiger partial charge in [0.1, 0.15) is 11.8 Å². The minimum absolute atomic E-state index is 0.124. The summed E-state index contributed by atoms with van der Waals surface area (Å²) in [4.78, 5) is 43.3. The number of aliphatic carboxylic acids is 1. The summed E-state index contributed by atoms with van der Waals surface area (Å²) in [5, 5.41) is 19.8. The first-order chi connectivity index (χ1) is 16.2. The second-order valence-electron chi connectivity index (χ2n) is 8.93. The number of aliphatic hydroxyl groups is 1. The number of aliphatic hydroxyl groups excluding tert-OH is 1. The second kappa shape index (κ2) is 9.54. The number of carbonyl (C=O) groups is 3. The van der Waals surface area contributed by atoms with Crippen molar-refractivity contribution in [1.29, 1.82) is 0 Å². The molecule has 0 aromatic heterocycles. The number of hydrogen-bond donors (Lipinski definition) is 2. The number of fused-ring (bicyclic) bond motifs is 1. The van der Waals surface area contributed by atoms with Gasteiger partial charge < -0.3 is 24.7 Å². The van der Waals surface area contributed by atoms with E-state index in [-0.39, 0.29) is 35.0 Å². The number of carbonyl (C=O) groups excluding carboxylic acids is 2. The van der Waals surface area contributed by atoms with Crippen molar-refractivity contribution < 1.29 is 29.3 Å². The van der Waals surface area contributed by atoms with Crippen LogP contribution in [0.1, 0.15) is 19.8 Å². The van der Waals surface area contributed by atoms with Crippen LogP contribution in [-0.4, -0.2) is 80.1 Å². The molecule has 184 valence electrons. The molecule has 0 saturated carbocycles. The number of rotatable bonds is 9. The smallest absolute Gasteiger partial charge is 0.308 e. The molecule has 0 aliphatic carbocycles. The summed E-state index contributed by atoms with van der Waals surface area (Å²) in [6, 6.07) is 5.57. The number of hydrogen-bond acceptors (Lipinski definition) is 6. The summed E-state index contributed by atoms with van der Waals surface area (Å²) in [6.45, 7) is 5.56. The third-order valence-electron chi connectivity index (χ3n) is 7.28. The number of carboxylic acid groups (broad SMARTS) is 1. The Morgan fingerprint density at radius 3 is 2.62 bits per heavy atom. The molecule has 3 aliphatic heterocycles. The van der Waals surface area contributed by atoms with Gasteiger partial charge in [0.05, 0.1) is 36.3 Å². The van der Waals surface area contributed by atoms with Crippen LogP contribution >= 0.6 is 27.7 Å². The van der Waals surface area contributed by atoms with Crippen LogP contribution in [0.15, 0.2) is 36.9 Å². The summed E-state index contributed by atoms with van der Waals surface area (Å²) in [5.74, 6) is -2.73. The fraction of sp³-hybridized carbons (Fsp3) is 0.542. The van der Waals surface area contributed by atoms with Gasteiger partial charge in [-0.2, -0.15) is 0 Å². The van der Waals surface area contributed by atoms with Crippen molar-refractivity contribution in [3.8, 4) is 5.75 Å². The Hall–Kier alpha value is -2.04. The van der Waals surface area contributed by atoms with E-state index in [0.717, 1.165) is 0 Å². The third kappa shape index (κ3) is 3.65. The number of halogens is 1. The topological polar surface area (TPSA) is 107 Å². The Bertz CT molecular complexity index is 986. The van der Waals surface area contributed by atoms with Gasteiger partial charge in [-0.15, -0.1) is 18.3 Å². The zero-order chi connectivity index (χ0) is 24.8. The van der Waals surface area contributed by atoms with Gasteiger partial charge in [-0.3, -0.25) is 14.4 Å². The number of thioether (sulfide) groups is 1. The van der Waals surface area contributed by atoms with E-state index in [9.17, 15) is 24.6 Å². The molecule has 7 atom stereocenters. The molecule has 2 N–H and O–H groups in total. The molecule has 2 bridgehead atoms. The van der Waals surface area contributed by atoms with Crippen LogP contribution in [0.5, 0.6) is 5.75 Å². The normalized spacial score (nSPS) is 32.4. The molecular formula is C24H29BrN2O6S. The highest BCUT2D eigenvalue weighted by Crippen LogP contribution is 2.68. The van der Waals surface area contributed by atoms with E-state index < -0.39 is 34.6 Å². The fourth-order valence-corrected chi connectivity index (χ4v) is 9.38. The Morgan fingerprint density at radius 1 is 1.41 bits per heavy atom. The monoisotopic (exact) mass is 552 g/mol. The van der Waals surface area contributed by atoms with Crippen LogP contribution in [0.25, 0.3) is 0 Å². The number of benzene rings is 1. The van der Waals surface area contributed by atoms with Crippen molar-refractivity contribution in [3.63, 3.8) is 0 Å². The first-order valence-electron chi connectivity index (χ1n) is 11.3. The molecule has 4 rings (SSSR count). The van der Waals surface area contributed by atoms with Crippen LogP contribution in [-0.2, 0) is 14.4 Å². The summed E-state index contributed by atoms with van der Waals surface area (Å²) in [7, 11) is 1.56. The van der Waals surface area contributed by atoms with Crippen LogP contribution in [0, 0.1) is 11.8 Å². The first kappa shape index (κ1) is 25.1. The highest BCUT2D eigenvalue weighted by atomic mass is 79.9. The maximum Gasteiger partial charge on any atom is 0.308 e. The molecule has 34 heavy (non-hydrogen) atoms. The summed E-state index contributed by atoms with van der Waals surface area (Å²) in [6.07, 6.45) is 2.57. The van der Waals surface area contributed by atoms with Crippen LogP contribution < -0.4 is 9.64 Å². The van der Waals surface area contributed by atoms with Gasteiger partial charge in [-0.05, 0) is 37.1 Å². The number of amides is 2. The fourth-order valence-electron chi connectivity index (χ4n) is 5.80. The van der Waals surface area contributed by atoms with Crippen molar-refractivity contribution in [3.05, 3.63) is 36.9 Å². The molecule has 3 fully saturated rings. The lowest BCUT2D eigenvalue weighted by Gasteiger charge is -2.39. The Labute approximate surface area is 211 Å². The van der Waals surface area contributed by atoms with Gasteiger partial charge in [0.2, 0.25) is 5.91 Å². The SMILES string of the molecule is C=CCN(C(=O)C1N([C@@H](CC)CO)C(=O)[C@@H]2[C@H](C(=O)O)[C@H]3SC12CC3Br)c1ccc(OC)cc1. The average Bonchev–Trinajstić information content (AvgIpc) is 3.42. The number of likely N-dealkylation sites (tertiary alicyclic amines) is 1. The highest BCUT2D eigenvalue weighted by Gasteiger charge is 2.76. The molecule has 10 heteroatoms. The largest absolute Gasteiger partial charge is 0.497 e. The van der Waals surface area contributed by atoms with Gasteiger partial charge in [0, 0.05) is 22.3 Å². The van der Waals surface area contributed by atoms with Gasteiger partial charge in [-0.25, -0.2) is 0 Å². The van der Waals surface area contributed by atoms with Gasteiger partial charge in [-0.1, -0.05) is 28.9 Å². The van der Waals surface area contributed by atoms with E-state index in [1.165, 1.54) is 16.7 Å². The number of carboxylic acids is 1. The van der Waals surface area contributed by atoms with Crippen LogP contribution in [0.3, 0.4) is 0 Å². The maximum absolute atomic E-state index is 14.3. The maximum atomic E-state index is 14.3. The molecule has 2 amide bonds. The van der Waals surface area contributed by atoms with Crippen molar-refractivity contribution in [1.82, 2.24) is 4.90 Å². The van der Waals surface area contributed by atoms with E-state index in [1.54, 1.807) is 42.4 Å². The molecule has 0 radical (unpaired) electrons. The molecule has 3 saturated heterocycles. The number of anilines is 1. The van der Waals surface area contributed by atoms with E-state index in [1.807, 2.05) is 6.92 Å². The number of ether oxygens (including phenoxy) is 1. The van der Waals surface area contributed by atoms with Gasteiger partial charge >= 0.3 is 5.97 Å². The van der Waals surface area contributed by atoms with Gasteiger partial charge in [0.25, 0.3) is 5.91 Å². The average molecular weight is 553 g/mol. The minimum atomic E-state index is -1.02. The second-order valence-corrected chi connectivity index (χ2v) is 11.6. The van der Waals surface area contributed by atoms with E-state index >= 15 is 0 Å². The van der Waals surface area contributed by atoms with Crippen molar-refractivity contribution in [2.75, 3.05) is 25.2 Å².